The Morgan fingerprint density at radius 2 is 2.24 bits per heavy atom. The SMILES string of the molecule is CC1=C(C2CCCC2C)C=C(/C=C(/C#N)C(=O)OO)CC1. The highest BCUT2D eigenvalue weighted by Crippen LogP contribution is 2.41. The fourth-order valence-electron chi connectivity index (χ4n) is 3.39. The van der Waals surface area contributed by atoms with E-state index >= 15 is 0 Å². The van der Waals surface area contributed by atoms with Gasteiger partial charge in [0.05, 0.1) is 0 Å². The molecule has 0 bridgehead atoms. The number of rotatable bonds is 3. The summed E-state index contributed by atoms with van der Waals surface area (Å²) in [5, 5.41) is 17.4. The summed E-state index contributed by atoms with van der Waals surface area (Å²) in [7, 11) is 0. The molecule has 0 amide bonds. The van der Waals surface area contributed by atoms with Crippen LogP contribution in [0.25, 0.3) is 0 Å². The van der Waals surface area contributed by atoms with Crippen LogP contribution in [-0.2, 0) is 9.68 Å². The van der Waals surface area contributed by atoms with Gasteiger partial charge in [-0.3, -0.25) is 4.89 Å². The maximum Gasteiger partial charge on any atom is 0.383 e. The van der Waals surface area contributed by atoms with E-state index in [1.807, 2.05) is 0 Å². The molecule has 0 radical (unpaired) electrons. The third-order valence-corrected chi connectivity index (χ3v) is 4.64. The molecule has 0 aromatic rings. The van der Waals surface area contributed by atoms with Crippen LogP contribution in [0.4, 0.5) is 0 Å². The molecule has 1 saturated carbocycles. The third-order valence-electron chi connectivity index (χ3n) is 4.64. The van der Waals surface area contributed by atoms with Gasteiger partial charge in [0.2, 0.25) is 0 Å². The van der Waals surface area contributed by atoms with E-state index in [1.54, 1.807) is 6.07 Å². The molecule has 1 N–H and O–H groups in total. The molecule has 2 unspecified atom stereocenters. The molecule has 0 aromatic carbocycles. The van der Waals surface area contributed by atoms with Gasteiger partial charge < -0.3 is 0 Å². The van der Waals surface area contributed by atoms with E-state index in [0.29, 0.717) is 11.8 Å². The standard InChI is InChI=1S/C17H21NO3/c1-11-4-3-5-15(11)16-9-13(7-6-12(16)2)8-14(10-18)17(19)21-20/h8-9,11,15,20H,3-7H2,1-2H3/b14-8-. The van der Waals surface area contributed by atoms with Crippen LogP contribution in [0.3, 0.4) is 0 Å². The maximum absolute atomic E-state index is 11.3. The molecule has 1 fully saturated rings. The molecule has 4 nitrogen and oxygen atoms in total. The summed E-state index contributed by atoms with van der Waals surface area (Å²) in [6.07, 6.45) is 9.15. The van der Waals surface area contributed by atoms with E-state index in [1.165, 1.54) is 36.5 Å². The van der Waals surface area contributed by atoms with Crippen LogP contribution in [0.2, 0.25) is 0 Å². The Balaban J connectivity index is 2.28. The number of hydrogen-bond donors (Lipinski definition) is 1. The van der Waals surface area contributed by atoms with Crippen molar-refractivity contribution in [1.29, 1.82) is 5.26 Å². The van der Waals surface area contributed by atoms with Gasteiger partial charge in [-0.1, -0.05) is 31.4 Å². The molecular weight excluding hydrogens is 266 g/mol. The fraction of sp³-hybridized carbons (Fsp3) is 0.529. The highest BCUT2D eigenvalue weighted by atomic mass is 17.1. The van der Waals surface area contributed by atoms with Crippen LogP contribution < -0.4 is 0 Å². The number of allylic oxidation sites excluding steroid dienone is 5. The summed E-state index contributed by atoms with van der Waals surface area (Å²) in [5.41, 5.74) is 3.57. The van der Waals surface area contributed by atoms with Crippen LogP contribution in [0.15, 0.2) is 34.4 Å². The highest BCUT2D eigenvalue weighted by Gasteiger charge is 2.28. The Morgan fingerprint density at radius 1 is 1.48 bits per heavy atom. The van der Waals surface area contributed by atoms with Gasteiger partial charge in [0.15, 0.2) is 0 Å². The lowest BCUT2D eigenvalue weighted by molar-refractivity contribution is -0.228. The smallest absolute Gasteiger partial charge is 0.295 e. The van der Waals surface area contributed by atoms with Gasteiger partial charge in [0.1, 0.15) is 11.6 Å². The van der Waals surface area contributed by atoms with Crippen molar-refractivity contribution in [3.63, 3.8) is 0 Å². The Morgan fingerprint density at radius 3 is 2.81 bits per heavy atom. The average molecular weight is 287 g/mol. The second kappa shape index (κ2) is 6.73. The topological polar surface area (TPSA) is 70.3 Å². The lowest BCUT2D eigenvalue weighted by Crippen LogP contribution is -2.11. The molecule has 0 heterocycles. The van der Waals surface area contributed by atoms with Crippen LogP contribution >= 0.6 is 0 Å². The van der Waals surface area contributed by atoms with E-state index in [-0.39, 0.29) is 5.57 Å². The van der Waals surface area contributed by atoms with Crippen molar-refractivity contribution in [1.82, 2.24) is 0 Å². The van der Waals surface area contributed by atoms with E-state index in [2.05, 4.69) is 24.8 Å². The zero-order chi connectivity index (χ0) is 15.4. The van der Waals surface area contributed by atoms with Crippen LogP contribution in [0.5, 0.6) is 0 Å². The van der Waals surface area contributed by atoms with E-state index in [4.69, 9.17) is 10.5 Å². The van der Waals surface area contributed by atoms with Gasteiger partial charge in [-0.25, -0.2) is 4.79 Å². The van der Waals surface area contributed by atoms with E-state index in [0.717, 1.165) is 18.4 Å². The van der Waals surface area contributed by atoms with Crippen molar-refractivity contribution in [2.75, 3.05) is 0 Å². The summed E-state index contributed by atoms with van der Waals surface area (Å²) < 4.78 is 0. The molecule has 112 valence electrons. The molecule has 0 aromatic heterocycles. The number of nitriles is 1. The first-order valence-electron chi connectivity index (χ1n) is 7.44. The lowest BCUT2D eigenvalue weighted by atomic mass is 9.81. The monoisotopic (exact) mass is 287 g/mol. The summed E-state index contributed by atoms with van der Waals surface area (Å²) in [6, 6.07) is 1.77. The minimum absolute atomic E-state index is 0.165. The molecule has 2 rings (SSSR count). The van der Waals surface area contributed by atoms with Crippen molar-refractivity contribution >= 4 is 5.97 Å². The Hall–Kier alpha value is -1.86. The van der Waals surface area contributed by atoms with Gasteiger partial charge in [-0.15, -0.1) is 0 Å². The number of carbonyl (C=O) groups excluding carboxylic acids is 1. The number of nitrogens with zero attached hydrogens (tertiary/aromatic N) is 1. The highest BCUT2D eigenvalue weighted by molar-refractivity contribution is 5.92. The van der Waals surface area contributed by atoms with Crippen LogP contribution in [0, 0.1) is 23.2 Å². The van der Waals surface area contributed by atoms with Gasteiger partial charge >= 0.3 is 5.97 Å². The first kappa shape index (κ1) is 15.5. The predicted molar refractivity (Wildman–Crippen MR) is 78.9 cm³/mol. The molecular formula is C17H21NO3. The van der Waals surface area contributed by atoms with Crippen molar-refractivity contribution in [3.05, 3.63) is 34.4 Å². The molecule has 0 spiro atoms. The summed E-state index contributed by atoms with van der Waals surface area (Å²) >= 11 is 0. The first-order valence-corrected chi connectivity index (χ1v) is 7.44. The van der Waals surface area contributed by atoms with Gasteiger partial charge in [-0.2, -0.15) is 10.5 Å². The quantitative estimate of drug-likeness (QED) is 0.369. The largest absolute Gasteiger partial charge is 0.383 e. The molecule has 0 saturated heterocycles. The Labute approximate surface area is 125 Å². The minimum Gasteiger partial charge on any atom is -0.295 e. The molecule has 0 aliphatic heterocycles. The normalized spacial score (nSPS) is 26.4. The molecule has 2 atom stereocenters. The van der Waals surface area contributed by atoms with E-state index in [9.17, 15) is 4.79 Å². The third kappa shape index (κ3) is 3.43. The fourth-order valence-corrected chi connectivity index (χ4v) is 3.39. The second-order valence-corrected chi connectivity index (χ2v) is 6.02. The molecule has 2 aliphatic rings. The van der Waals surface area contributed by atoms with Gasteiger partial charge in [0.25, 0.3) is 0 Å². The predicted octanol–water partition coefficient (Wildman–Crippen LogP) is 3.93. The number of carbonyl (C=O) groups is 1. The Kier molecular flexibility index (Phi) is 4.98. The van der Waals surface area contributed by atoms with E-state index < -0.39 is 5.97 Å². The first-order chi connectivity index (χ1) is 10.1. The van der Waals surface area contributed by atoms with Crippen LogP contribution in [0.1, 0.15) is 46.0 Å². The number of hydrogen-bond acceptors (Lipinski definition) is 4. The summed E-state index contributed by atoms with van der Waals surface area (Å²) in [4.78, 5) is 14.9. The van der Waals surface area contributed by atoms with Gasteiger partial charge in [0, 0.05) is 0 Å². The lowest BCUT2D eigenvalue weighted by Gasteiger charge is -2.24. The van der Waals surface area contributed by atoms with Crippen molar-refractivity contribution in [2.45, 2.75) is 46.0 Å². The maximum atomic E-state index is 11.3. The zero-order valence-electron chi connectivity index (χ0n) is 12.6. The summed E-state index contributed by atoms with van der Waals surface area (Å²) in [6.45, 7) is 4.46. The van der Waals surface area contributed by atoms with Crippen molar-refractivity contribution in [3.8, 4) is 6.07 Å². The average Bonchev–Trinajstić information content (AvgIpc) is 2.91. The minimum atomic E-state index is -1.000. The van der Waals surface area contributed by atoms with Crippen LogP contribution in [-0.4, -0.2) is 11.2 Å². The summed E-state index contributed by atoms with van der Waals surface area (Å²) in [5.74, 6) is 0.275. The van der Waals surface area contributed by atoms with Gasteiger partial charge in [-0.05, 0) is 55.2 Å². The zero-order valence-corrected chi connectivity index (χ0v) is 12.6. The molecule has 4 heteroatoms. The molecule has 21 heavy (non-hydrogen) atoms. The van der Waals surface area contributed by atoms with Crippen molar-refractivity contribution in [2.24, 2.45) is 11.8 Å². The van der Waals surface area contributed by atoms with Crippen molar-refractivity contribution < 1.29 is 14.9 Å². The Bertz CT molecular complexity index is 563. The second-order valence-electron chi connectivity index (χ2n) is 6.02. The molecule has 2 aliphatic carbocycles.